The van der Waals surface area contributed by atoms with Crippen molar-refractivity contribution in [2.24, 2.45) is 0 Å². The third kappa shape index (κ3) is 3.72. The van der Waals surface area contributed by atoms with Gasteiger partial charge in [0.05, 0.1) is 23.7 Å². The van der Waals surface area contributed by atoms with Crippen LogP contribution in [0.3, 0.4) is 0 Å². The summed E-state index contributed by atoms with van der Waals surface area (Å²) in [5, 5.41) is 4.49. The van der Waals surface area contributed by atoms with Crippen LogP contribution in [0.5, 0.6) is 11.5 Å². The number of hydrogen-bond acceptors (Lipinski definition) is 6. The molecule has 3 aromatic rings. The van der Waals surface area contributed by atoms with Gasteiger partial charge >= 0.3 is 5.97 Å². The van der Waals surface area contributed by atoms with Gasteiger partial charge in [0.1, 0.15) is 5.56 Å². The summed E-state index contributed by atoms with van der Waals surface area (Å²) in [6, 6.07) is 12.5. The molecule has 0 fully saturated rings. The van der Waals surface area contributed by atoms with Crippen molar-refractivity contribution in [1.29, 1.82) is 0 Å². The molecule has 0 spiro atoms. The normalized spacial score (nSPS) is 12.0. The lowest BCUT2D eigenvalue weighted by molar-refractivity contribution is 0.0524. The van der Waals surface area contributed by atoms with Crippen molar-refractivity contribution in [3.8, 4) is 17.2 Å². The molecule has 2 heterocycles. The molecule has 0 atom stereocenters. The Bertz CT molecular complexity index is 1170. The maximum absolute atomic E-state index is 13.1. The number of ether oxygens (including phenoxy) is 3. The number of nitrogens with zero attached hydrogens (tertiary/aromatic N) is 3. The average Bonchev–Trinajstić information content (AvgIpc) is 3.36. The van der Waals surface area contributed by atoms with Crippen LogP contribution in [0.1, 0.15) is 39.0 Å². The number of hydrogen-bond donors (Lipinski definition) is 0. The van der Waals surface area contributed by atoms with Gasteiger partial charge in [0, 0.05) is 24.4 Å². The van der Waals surface area contributed by atoms with E-state index in [1.165, 1.54) is 0 Å². The van der Waals surface area contributed by atoms with Gasteiger partial charge in [0.25, 0.3) is 5.91 Å². The Hall–Kier alpha value is -3.81. The number of carbonyl (C=O) groups excluding carboxylic acids is 2. The van der Waals surface area contributed by atoms with Crippen molar-refractivity contribution in [1.82, 2.24) is 9.78 Å². The Morgan fingerprint density at radius 2 is 1.90 bits per heavy atom. The van der Waals surface area contributed by atoms with Crippen LogP contribution in [0, 0.1) is 13.8 Å². The van der Waals surface area contributed by atoms with Crippen LogP contribution in [0.2, 0.25) is 0 Å². The van der Waals surface area contributed by atoms with Gasteiger partial charge < -0.3 is 19.1 Å². The number of anilines is 1. The van der Waals surface area contributed by atoms with E-state index in [9.17, 15) is 9.59 Å². The van der Waals surface area contributed by atoms with Crippen LogP contribution in [0.25, 0.3) is 5.69 Å². The van der Waals surface area contributed by atoms with Gasteiger partial charge in [-0.25, -0.2) is 9.48 Å². The first-order valence-electron chi connectivity index (χ1n) is 9.92. The molecule has 0 aliphatic carbocycles. The van der Waals surface area contributed by atoms with Gasteiger partial charge in [-0.05, 0) is 51.1 Å². The predicted molar refractivity (Wildman–Crippen MR) is 114 cm³/mol. The fourth-order valence-corrected chi connectivity index (χ4v) is 3.57. The smallest absolute Gasteiger partial charge is 0.341 e. The molecule has 8 nitrogen and oxygen atoms in total. The van der Waals surface area contributed by atoms with E-state index in [4.69, 9.17) is 14.2 Å². The fourth-order valence-electron chi connectivity index (χ4n) is 3.57. The molecule has 1 amide bonds. The molecule has 8 heteroatoms. The minimum absolute atomic E-state index is 0.176. The molecule has 0 bridgehead atoms. The Kier molecular flexibility index (Phi) is 5.37. The zero-order chi connectivity index (χ0) is 22.1. The van der Waals surface area contributed by atoms with Gasteiger partial charge in [0.15, 0.2) is 11.5 Å². The number of carbonyl (C=O) groups is 2. The van der Waals surface area contributed by atoms with E-state index < -0.39 is 5.97 Å². The van der Waals surface area contributed by atoms with Gasteiger partial charge in [0.2, 0.25) is 6.79 Å². The van der Waals surface area contributed by atoms with Gasteiger partial charge in [-0.1, -0.05) is 6.07 Å². The highest BCUT2D eigenvalue weighted by Gasteiger charge is 2.22. The van der Waals surface area contributed by atoms with Crippen molar-refractivity contribution < 1.29 is 23.8 Å². The number of aryl methyl sites for hydroxylation is 1. The first-order valence-corrected chi connectivity index (χ1v) is 9.92. The van der Waals surface area contributed by atoms with E-state index in [0.29, 0.717) is 52.0 Å². The fraction of sp³-hybridized carbons (Fsp3) is 0.261. The topological polar surface area (TPSA) is 82.9 Å². The van der Waals surface area contributed by atoms with Gasteiger partial charge in [-0.15, -0.1) is 0 Å². The number of esters is 1. The zero-order valence-corrected chi connectivity index (χ0v) is 17.8. The standard InChI is InChI=1S/C23H23N3O5/c1-5-29-23(28)21-14(2)24-26(15(21)3)18-8-6-7-16(11-18)22(27)25(4)17-9-10-19-20(12-17)31-13-30-19/h6-12H,5,13H2,1-4H3. The molecule has 1 aliphatic rings. The third-order valence-electron chi connectivity index (χ3n) is 5.16. The molecular weight excluding hydrogens is 398 g/mol. The summed E-state index contributed by atoms with van der Waals surface area (Å²) in [5.74, 6) is 0.681. The van der Waals surface area contributed by atoms with Crippen molar-refractivity contribution >= 4 is 17.6 Å². The van der Waals surface area contributed by atoms with E-state index >= 15 is 0 Å². The Morgan fingerprint density at radius 3 is 2.68 bits per heavy atom. The molecule has 160 valence electrons. The van der Waals surface area contributed by atoms with Crippen LogP contribution in [0.15, 0.2) is 42.5 Å². The van der Waals surface area contributed by atoms with E-state index in [1.807, 2.05) is 12.1 Å². The number of rotatable bonds is 5. The molecule has 2 aromatic carbocycles. The Morgan fingerprint density at radius 1 is 1.13 bits per heavy atom. The quantitative estimate of drug-likeness (QED) is 0.585. The Labute approximate surface area is 179 Å². The molecular formula is C23H23N3O5. The van der Waals surface area contributed by atoms with Crippen molar-refractivity contribution in [2.45, 2.75) is 20.8 Å². The molecule has 4 rings (SSSR count). The minimum atomic E-state index is -0.404. The van der Waals surface area contributed by atoms with Crippen LogP contribution >= 0.6 is 0 Å². The number of amides is 1. The maximum Gasteiger partial charge on any atom is 0.341 e. The summed E-state index contributed by atoms with van der Waals surface area (Å²) < 4.78 is 17.5. The number of benzene rings is 2. The molecule has 0 unspecified atom stereocenters. The van der Waals surface area contributed by atoms with E-state index in [-0.39, 0.29) is 12.7 Å². The highest BCUT2D eigenvalue weighted by atomic mass is 16.7. The van der Waals surface area contributed by atoms with Crippen LogP contribution in [0.4, 0.5) is 5.69 Å². The van der Waals surface area contributed by atoms with Crippen LogP contribution in [-0.2, 0) is 4.74 Å². The summed E-state index contributed by atoms with van der Waals surface area (Å²) in [7, 11) is 1.70. The summed E-state index contributed by atoms with van der Waals surface area (Å²) >= 11 is 0. The van der Waals surface area contributed by atoms with E-state index in [0.717, 1.165) is 0 Å². The Balaban J connectivity index is 1.64. The van der Waals surface area contributed by atoms with Crippen molar-refractivity contribution in [2.75, 3.05) is 25.3 Å². The van der Waals surface area contributed by atoms with Crippen molar-refractivity contribution in [3.05, 3.63) is 65.0 Å². The summed E-state index contributed by atoms with van der Waals surface area (Å²) in [5.41, 5.74) is 3.53. The van der Waals surface area contributed by atoms with E-state index in [2.05, 4.69) is 5.10 Å². The SMILES string of the molecule is CCOC(=O)c1c(C)nn(-c2cccc(C(=O)N(C)c3ccc4c(c3)OCO4)c2)c1C. The van der Waals surface area contributed by atoms with Gasteiger partial charge in [-0.2, -0.15) is 5.10 Å². The second-order valence-corrected chi connectivity index (χ2v) is 7.13. The lowest BCUT2D eigenvalue weighted by atomic mass is 10.1. The second-order valence-electron chi connectivity index (χ2n) is 7.13. The molecule has 0 N–H and O–H groups in total. The summed E-state index contributed by atoms with van der Waals surface area (Å²) in [6.07, 6.45) is 0. The molecule has 1 aliphatic heterocycles. The molecule has 0 saturated carbocycles. The number of fused-ring (bicyclic) bond motifs is 1. The molecule has 1 aromatic heterocycles. The largest absolute Gasteiger partial charge is 0.462 e. The first kappa shape index (κ1) is 20.5. The molecule has 0 saturated heterocycles. The van der Waals surface area contributed by atoms with Crippen LogP contribution < -0.4 is 14.4 Å². The highest BCUT2D eigenvalue weighted by Crippen LogP contribution is 2.35. The summed E-state index contributed by atoms with van der Waals surface area (Å²) in [4.78, 5) is 27.0. The maximum atomic E-state index is 13.1. The second kappa shape index (κ2) is 8.14. The number of aromatic nitrogens is 2. The third-order valence-corrected chi connectivity index (χ3v) is 5.16. The zero-order valence-electron chi connectivity index (χ0n) is 17.8. The predicted octanol–water partition coefficient (Wildman–Crippen LogP) is 3.67. The lowest BCUT2D eigenvalue weighted by Gasteiger charge is -2.18. The van der Waals surface area contributed by atoms with Crippen LogP contribution in [-0.4, -0.2) is 42.1 Å². The van der Waals surface area contributed by atoms with Gasteiger partial charge in [-0.3, -0.25) is 4.79 Å². The lowest BCUT2D eigenvalue weighted by Crippen LogP contribution is -2.26. The van der Waals surface area contributed by atoms with E-state index in [1.54, 1.807) is 67.7 Å². The highest BCUT2D eigenvalue weighted by molar-refractivity contribution is 6.06. The summed E-state index contributed by atoms with van der Waals surface area (Å²) in [6.45, 7) is 5.80. The monoisotopic (exact) mass is 421 g/mol. The average molecular weight is 421 g/mol. The molecule has 31 heavy (non-hydrogen) atoms. The first-order chi connectivity index (χ1) is 14.9. The van der Waals surface area contributed by atoms with Crippen molar-refractivity contribution in [3.63, 3.8) is 0 Å². The minimum Gasteiger partial charge on any atom is -0.462 e. The molecule has 0 radical (unpaired) electrons.